The van der Waals surface area contributed by atoms with Gasteiger partial charge in [-0.3, -0.25) is 0 Å². The Morgan fingerprint density at radius 3 is 2.62 bits per heavy atom. The Morgan fingerprint density at radius 1 is 1.19 bits per heavy atom. The van der Waals surface area contributed by atoms with Crippen molar-refractivity contribution in [2.45, 2.75) is 19.3 Å². The monoisotopic (exact) mass is 295 g/mol. The number of thiophene rings is 1. The summed E-state index contributed by atoms with van der Waals surface area (Å²) >= 11 is 1.71. The predicted molar refractivity (Wildman–Crippen MR) is 88.9 cm³/mol. The molecule has 1 aliphatic rings. The summed E-state index contributed by atoms with van der Waals surface area (Å²) in [6.07, 6.45) is 1.21. The van der Waals surface area contributed by atoms with Crippen LogP contribution in [0.3, 0.4) is 0 Å². The fourth-order valence-electron chi connectivity index (χ4n) is 2.82. The molecule has 1 aromatic carbocycles. The highest BCUT2D eigenvalue weighted by molar-refractivity contribution is 7.17. The molecule has 0 radical (unpaired) electrons. The average Bonchev–Trinajstić information content (AvgIpc) is 3.10. The van der Waals surface area contributed by atoms with E-state index in [0.29, 0.717) is 5.92 Å². The highest BCUT2D eigenvalue weighted by atomic mass is 32.1. The molecule has 106 valence electrons. The molecule has 21 heavy (non-hydrogen) atoms. The molecule has 1 saturated carbocycles. The summed E-state index contributed by atoms with van der Waals surface area (Å²) in [5, 5.41) is 6.59. The molecule has 4 rings (SSSR count). The second-order valence-electron chi connectivity index (χ2n) is 5.70. The maximum atomic E-state index is 4.81. The second-order valence-corrected chi connectivity index (χ2v) is 6.55. The smallest absolute Gasteiger partial charge is 0.138 e. The summed E-state index contributed by atoms with van der Waals surface area (Å²) in [5.74, 6) is 3.22. The van der Waals surface area contributed by atoms with Gasteiger partial charge in [0.1, 0.15) is 16.5 Å². The van der Waals surface area contributed by atoms with Gasteiger partial charge in [-0.15, -0.1) is 11.3 Å². The van der Waals surface area contributed by atoms with Crippen molar-refractivity contribution >= 4 is 27.4 Å². The van der Waals surface area contributed by atoms with Gasteiger partial charge in [0, 0.05) is 23.9 Å². The summed E-state index contributed by atoms with van der Waals surface area (Å²) in [7, 11) is 1.94. The van der Waals surface area contributed by atoms with E-state index < -0.39 is 0 Å². The van der Waals surface area contributed by atoms with Crippen LogP contribution >= 0.6 is 11.3 Å². The molecule has 2 aromatic heterocycles. The quantitative estimate of drug-likeness (QED) is 0.771. The Morgan fingerprint density at radius 2 is 1.95 bits per heavy atom. The largest absolute Gasteiger partial charge is 0.372 e. The summed E-state index contributed by atoms with van der Waals surface area (Å²) in [6, 6.07) is 10.5. The molecule has 1 fully saturated rings. The molecule has 0 saturated heterocycles. The topological polar surface area (TPSA) is 37.8 Å². The molecule has 0 amide bonds. The maximum absolute atomic E-state index is 4.81. The minimum Gasteiger partial charge on any atom is -0.372 e. The SMILES string of the molecule is CNc1nc(C2CC2C)nc2scc(-c3ccccc3)c12. The lowest BCUT2D eigenvalue weighted by Gasteiger charge is -2.07. The van der Waals surface area contributed by atoms with Crippen LogP contribution in [0, 0.1) is 5.92 Å². The van der Waals surface area contributed by atoms with E-state index in [4.69, 9.17) is 9.97 Å². The van der Waals surface area contributed by atoms with Gasteiger partial charge >= 0.3 is 0 Å². The second kappa shape index (κ2) is 4.81. The molecule has 2 heterocycles. The first-order valence-corrected chi connectivity index (χ1v) is 8.18. The van der Waals surface area contributed by atoms with E-state index in [-0.39, 0.29) is 0 Å². The van der Waals surface area contributed by atoms with Crippen LogP contribution in [0.15, 0.2) is 35.7 Å². The molecule has 2 atom stereocenters. The number of nitrogens with one attached hydrogen (secondary N) is 1. The van der Waals surface area contributed by atoms with E-state index in [1.54, 1.807) is 11.3 Å². The number of nitrogens with zero attached hydrogens (tertiary/aromatic N) is 2. The van der Waals surface area contributed by atoms with Crippen LogP contribution in [0.4, 0.5) is 5.82 Å². The minimum atomic E-state index is 0.545. The third-order valence-corrected chi connectivity index (χ3v) is 5.09. The fourth-order valence-corrected chi connectivity index (χ4v) is 3.77. The lowest BCUT2D eigenvalue weighted by molar-refractivity contribution is 0.854. The molecule has 0 bridgehead atoms. The zero-order chi connectivity index (χ0) is 14.4. The normalized spacial score (nSPS) is 20.7. The van der Waals surface area contributed by atoms with Gasteiger partial charge in [0.25, 0.3) is 0 Å². The zero-order valence-corrected chi connectivity index (χ0v) is 12.9. The first-order chi connectivity index (χ1) is 10.3. The first-order valence-electron chi connectivity index (χ1n) is 7.30. The molecular weight excluding hydrogens is 278 g/mol. The number of fused-ring (bicyclic) bond motifs is 1. The molecule has 4 heteroatoms. The van der Waals surface area contributed by atoms with E-state index in [0.717, 1.165) is 27.8 Å². The van der Waals surface area contributed by atoms with Crippen molar-refractivity contribution in [2.24, 2.45) is 5.92 Å². The summed E-state index contributed by atoms with van der Waals surface area (Å²) in [4.78, 5) is 10.7. The number of hydrogen-bond acceptors (Lipinski definition) is 4. The Labute approximate surface area is 128 Å². The molecule has 1 N–H and O–H groups in total. The van der Waals surface area contributed by atoms with Gasteiger partial charge in [-0.25, -0.2) is 9.97 Å². The molecular formula is C17H17N3S. The Balaban J connectivity index is 1.91. The van der Waals surface area contributed by atoms with Crippen LogP contribution in [-0.4, -0.2) is 17.0 Å². The molecule has 0 spiro atoms. The van der Waals surface area contributed by atoms with E-state index in [1.807, 2.05) is 13.1 Å². The number of rotatable bonds is 3. The number of benzene rings is 1. The van der Waals surface area contributed by atoms with Crippen LogP contribution in [0.1, 0.15) is 25.1 Å². The highest BCUT2D eigenvalue weighted by Gasteiger charge is 2.37. The molecule has 3 nitrogen and oxygen atoms in total. The average molecular weight is 295 g/mol. The van der Waals surface area contributed by atoms with Crippen molar-refractivity contribution in [1.29, 1.82) is 0 Å². The van der Waals surface area contributed by atoms with Crippen molar-refractivity contribution < 1.29 is 0 Å². The Hall–Kier alpha value is -1.94. The van der Waals surface area contributed by atoms with E-state index >= 15 is 0 Å². The van der Waals surface area contributed by atoms with Crippen molar-refractivity contribution in [3.63, 3.8) is 0 Å². The van der Waals surface area contributed by atoms with Crippen molar-refractivity contribution in [1.82, 2.24) is 9.97 Å². The fraction of sp³-hybridized carbons (Fsp3) is 0.294. The first kappa shape index (κ1) is 12.8. The van der Waals surface area contributed by atoms with Gasteiger partial charge < -0.3 is 5.32 Å². The van der Waals surface area contributed by atoms with Crippen LogP contribution in [-0.2, 0) is 0 Å². The zero-order valence-electron chi connectivity index (χ0n) is 12.1. The Kier molecular flexibility index (Phi) is 2.93. The van der Waals surface area contributed by atoms with E-state index in [2.05, 4.69) is 41.9 Å². The van der Waals surface area contributed by atoms with E-state index in [9.17, 15) is 0 Å². The van der Waals surface area contributed by atoms with Crippen molar-refractivity contribution in [3.8, 4) is 11.1 Å². The van der Waals surface area contributed by atoms with Gasteiger partial charge in [-0.2, -0.15) is 0 Å². The van der Waals surface area contributed by atoms with E-state index in [1.165, 1.54) is 17.5 Å². The van der Waals surface area contributed by atoms with Gasteiger partial charge in [0.2, 0.25) is 0 Å². The van der Waals surface area contributed by atoms with Gasteiger partial charge in [0.05, 0.1) is 5.39 Å². The number of hydrogen-bond donors (Lipinski definition) is 1. The highest BCUT2D eigenvalue weighted by Crippen LogP contribution is 2.47. The van der Waals surface area contributed by atoms with Gasteiger partial charge in [-0.1, -0.05) is 37.3 Å². The van der Waals surface area contributed by atoms with Crippen molar-refractivity contribution in [2.75, 3.05) is 12.4 Å². The standard InChI is InChI=1S/C17H17N3S/c1-10-8-12(10)15-19-16(18-2)14-13(9-21-17(14)20-15)11-6-4-3-5-7-11/h3-7,9-10,12H,8H2,1-2H3,(H,18,19,20). The van der Waals surface area contributed by atoms with Gasteiger partial charge in [-0.05, 0) is 17.9 Å². The lowest BCUT2D eigenvalue weighted by atomic mass is 10.1. The molecule has 2 unspecified atom stereocenters. The minimum absolute atomic E-state index is 0.545. The third-order valence-electron chi connectivity index (χ3n) is 4.21. The predicted octanol–water partition coefficient (Wildman–Crippen LogP) is 4.52. The lowest BCUT2D eigenvalue weighted by Crippen LogP contribution is -2.00. The van der Waals surface area contributed by atoms with Crippen LogP contribution in [0.2, 0.25) is 0 Å². The van der Waals surface area contributed by atoms with Crippen LogP contribution in [0.5, 0.6) is 0 Å². The number of anilines is 1. The van der Waals surface area contributed by atoms with Crippen LogP contribution < -0.4 is 5.32 Å². The van der Waals surface area contributed by atoms with Crippen molar-refractivity contribution in [3.05, 3.63) is 41.5 Å². The maximum Gasteiger partial charge on any atom is 0.138 e. The number of aromatic nitrogens is 2. The Bertz CT molecular complexity index is 794. The summed E-state index contributed by atoms with van der Waals surface area (Å²) in [6.45, 7) is 2.26. The molecule has 0 aliphatic heterocycles. The summed E-state index contributed by atoms with van der Waals surface area (Å²) in [5.41, 5.74) is 2.44. The molecule has 3 aromatic rings. The molecule has 1 aliphatic carbocycles. The van der Waals surface area contributed by atoms with Crippen LogP contribution in [0.25, 0.3) is 21.3 Å². The van der Waals surface area contributed by atoms with Gasteiger partial charge in [0.15, 0.2) is 0 Å². The third kappa shape index (κ3) is 2.10. The summed E-state index contributed by atoms with van der Waals surface area (Å²) < 4.78 is 0.